The Morgan fingerprint density at radius 2 is 1.96 bits per heavy atom. The maximum atomic E-state index is 14.0. The quantitative estimate of drug-likeness (QED) is 0.649. The minimum absolute atomic E-state index is 0.210. The van der Waals surface area contributed by atoms with Crippen molar-refractivity contribution in [3.63, 3.8) is 0 Å². The summed E-state index contributed by atoms with van der Waals surface area (Å²) in [7, 11) is -7.73. The fourth-order valence-corrected chi connectivity index (χ4v) is 7.67. The van der Waals surface area contributed by atoms with E-state index >= 15 is 0 Å². The SMILES string of the molecule is CC(=O)NCCN[C@H]1CS(=O)(=O)C[C@@H]1S(=O)(=O)c1cc(C)ccc1F. The van der Waals surface area contributed by atoms with Crippen LogP contribution < -0.4 is 10.6 Å². The van der Waals surface area contributed by atoms with Crippen LogP contribution in [0.1, 0.15) is 12.5 Å². The third-order valence-electron chi connectivity index (χ3n) is 4.00. The first-order valence-corrected chi connectivity index (χ1v) is 11.1. The van der Waals surface area contributed by atoms with Gasteiger partial charge < -0.3 is 10.6 Å². The van der Waals surface area contributed by atoms with E-state index < -0.39 is 47.4 Å². The van der Waals surface area contributed by atoms with Gasteiger partial charge in [-0.05, 0) is 24.6 Å². The van der Waals surface area contributed by atoms with Crippen molar-refractivity contribution in [2.45, 2.75) is 30.0 Å². The zero-order valence-electron chi connectivity index (χ0n) is 14.0. The first-order chi connectivity index (χ1) is 11.5. The number of halogens is 1. The summed E-state index contributed by atoms with van der Waals surface area (Å²) < 4.78 is 63.6. The molecule has 7 nitrogen and oxygen atoms in total. The molecule has 140 valence electrons. The van der Waals surface area contributed by atoms with Gasteiger partial charge in [0, 0.05) is 26.1 Å². The van der Waals surface area contributed by atoms with E-state index in [1.807, 2.05) is 0 Å². The molecule has 0 saturated carbocycles. The molecule has 1 amide bonds. The summed E-state index contributed by atoms with van der Waals surface area (Å²) in [4.78, 5) is 10.4. The first kappa shape index (κ1) is 19.8. The summed E-state index contributed by atoms with van der Waals surface area (Å²) >= 11 is 0. The number of aryl methyl sites for hydroxylation is 1. The van der Waals surface area contributed by atoms with E-state index in [2.05, 4.69) is 10.6 Å². The molecular weight excluding hydrogens is 371 g/mol. The highest BCUT2D eigenvalue weighted by atomic mass is 32.2. The predicted octanol–water partition coefficient (Wildman–Crippen LogP) is -0.201. The van der Waals surface area contributed by atoms with Crippen LogP contribution >= 0.6 is 0 Å². The van der Waals surface area contributed by atoms with Gasteiger partial charge in [0.1, 0.15) is 10.7 Å². The van der Waals surface area contributed by atoms with Gasteiger partial charge in [0.05, 0.1) is 16.8 Å². The second-order valence-electron chi connectivity index (χ2n) is 6.14. The summed E-state index contributed by atoms with van der Waals surface area (Å²) in [6, 6.07) is 2.86. The molecule has 2 N–H and O–H groups in total. The van der Waals surface area contributed by atoms with Crippen molar-refractivity contribution >= 4 is 25.6 Å². The monoisotopic (exact) mass is 392 g/mol. The van der Waals surface area contributed by atoms with Crippen molar-refractivity contribution in [2.75, 3.05) is 24.6 Å². The van der Waals surface area contributed by atoms with E-state index in [1.165, 1.54) is 19.1 Å². The van der Waals surface area contributed by atoms with Crippen molar-refractivity contribution in [3.05, 3.63) is 29.6 Å². The Labute approximate surface area is 146 Å². The fourth-order valence-electron chi connectivity index (χ4n) is 2.80. The van der Waals surface area contributed by atoms with Crippen molar-refractivity contribution < 1.29 is 26.0 Å². The topological polar surface area (TPSA) is 109 Å². The van der Waals surface area contributed by atoms with Gasteiger partial charge in [-0.25, -0.2) is 21.2 Å². The number of amides is 1. The van der Waals surface area contributed by atoms with E-state index in [0.717, 1.165) is 6.07 Å². The van der Waals surface area contributed by atoms with Gasteiger partial charge in [-0.3, -0.25) is 4.79 Å². The highest BCUT2D eigenvalue weighted by Gasteiger charge is 2.46. The van der Waals surface area contributed by atoms with Crippen molar-refractivity contribution in [1.82, 2.24) is 10.6 Å². The third-order valence-corrected chi connectivity index (χ3v) is 8.16. The van der Waals surface area contributed by atoms with Crippen molar-refractivity contribution in [2.24, 2.45) is 0 Å². The lowest BCUT2D eigenvalue weighted by molar-refractivity contribution is -0.118. The zero-order chi connectivity index (χ0) is 18.8. The summed E-state index contributed by atoms with van der Waals surface area (Å²) in [6.45, 7) is 3.42. The minimum atomic E-state index is -4.17. The second kappa shape index (κ2) is 7.38. The molecular formula is C15H21FN2O5S2. The number of carbonyl (C=O) groups excluding carboxylic acids is 1. The highest BCUT2D eigenvalue weighted by Crippen LogP contribution is 2.28. The van der Waals surface area contributed by atoms with Gasteiger partial charge in [-0.2, -0.15) is 0 Å². The van der Waals surface area contributed by atoms with Crippen molar-refractivity contribution in [1.29, 1.82) is 0 Å². The number of carbonyl (C=O) groups is 1. The number of benzene rings is 1. The number of hydrogen-bond donors (Lipinski definition) is 2. The van der Waals surface area contributed by atoms with Crippen molar-refractivity contribution in [3.8, 4) is 0 Å². The summed E-state index contributed by atoms with van der Waals surface area (Å²) in [6.07, 6.45) is 0. The average Bonchev–Trinajstić information content (AvgIpc) is 2.81. The van der Waals surface area contributed by atoms with Gasteiger partial charge in [0.2, 0.25) is 5.91 Å². The summed E-state index contributed by atoms with van der Waals surface area (Å²) in [5.41, 5.74) is 0.566. The summed E-state index contributed by atoms with van der Waals surface area (Å²) in [5.74, 6) is -2.04. The van der Waals surface area contributed by atoms with Crippen LogP contribution in [-0.2, 0) is 24.5 Å². The van der Waals surface area contributed by atoms with Crippen LogP contribution in [0.5, 0.6) is 0 Å². The minimum Gasteiger partial charge on any atom is -0.355 e. The van der Waals surface area contributed by atoms with Gasteiger partial charge in [-0.15, -0.1) is 0 Å². The van der Waals surface area contributed by atoms with Crippen LogP contribution in [0.15, 0.2) is 23.1 Å². The first-order valence-electron chi connectivity index (χ1n) is 7.71. The Morgan fingerprint density at radius 3 is 2.60 bits per heavy atom. The van der Waals surface area contributed by atoms with Crippen LogP contribution in [0.2, 0.25) is 0 Å². The maximum absolute atomic E-state index is 14.0. The maximum Gasteiger partial charge on any atom is 0.216 e. The van der Waals surface area contributed by atoms with Crippen LogP contribution in [0.3, 0.4) is 0 Å². The van der Waals surface area contributed by atoms with E-state index in [0.29, 0.717) is 5.56 Å². The Morgan fingerprint density at radius 1 is 1.28 bits per heavy atom. The molecule has 1 aromatic rings. The molecule has 1 aliphatic rings. The van der Waals surface area contributed by atoms with Crippen LogP contribution in [0.25, 0.3) is 0 Å². The smallest absolute Gasteiger partial charge is 0.216 e. The number of rotatable bonds is 6. The second-order valence-corrected chi connectivity index (χ2v) is 10.4. The third kappa shape index (κ3) is 4.77. The normalized spacial score (nSPS) is 22.7. The molecule has 1 saturated heterocycles. The van der Waals surface area contributed by atoms with E-state index in [4.69, 9.17) is 0 Å². The van der Waals surface area contributed by atoms with Crippen LogP contribution in [0.4, 0.5) is 4.39 Å². The molecule has 0 aromatic heterocycles. The van der Waals surface area contributed by atoms with Crippen LogP contribution in [0, 0.1) is 12.7 Å². The predicted molar refractivity (Wildman–Crippen MR) is 91.2 cm³/mol. The standard InChI is InChI=1S/C15H21FN2O5S2/c1-10-3-4-12(16)14(7-10)25(22,23)15-9-24(20,21)8-13(15)18-6-5-17-11(2)19/h3-4,7,13,15,18H,5-6,8-9H2,1-2H3,(H,17,19)/t13-,15-/m0/s1. The molecule has 1 aromatic carbocycles. The zero-order valence-corrected chi connectivity index (χ0v) is 15.6. The molecule has 1 aliphatic heterocycles. The molecule has 0 unspecified atom stereocenters. The lowest BCUT2D eigenvalue weighted by Crippen LogP contribution is -2.46. The van der Waals surface area contributed by atoms with E-state index in [-0.39, 0.29) is 24.7 Å². The molecule has 0 spiro atoms. The molecule has 0 bridgehead atoms. The lowest BCUT2D eigenvalue weighted by Gasteiger charge is -2.20. The number of hydrogen-bond acceptors (Lipinski definition) is 6. The molecule has 1 heterocycles. The van der Waals surface area contributed by atoms with E-state index in [1.54, 1.807) is 6.92 Å². The van der Waals surface area contributed by atoms with Gasteiger partial charge in [0.25, 0.3) is 0 Å². The molecule has 10 heteroatoms. The van der Waals surface area contributed by atoms with Gasteiger partial charge >= 0.3 is 0 Å². The molecule has 1 fully saturated rings. The van der Waals surface area contributed by atoms with E-state index in [9.17, 15) is 26.0 Å². The van der Waals surface area contributed by atoms with Gasteiger partial charge in [-0.1, -0.05) is 6.07 Å². The Hall–Kier alpha value is -1.52. The number of nitrogens with one attached hydrogen (secondary N) is 2. The Kier molecular flexibility index (Phi) is 5.85. The molecule has 0 radical (unpaired) electrons. The highest BCUT2D eigenvalue weighted by molar-refractivity contribution is 7.96. The summed E-state index contributed by atoms with van der Waals surface area (Å²) in [5, 5.41) is 4.12. The molecule has 0 aliphatic carbocycles. The average molecular weight is 392 g/mol. The number of sulfone groups is 2. The molecule has 2 atom stereocenters. The van der Waals surface area contributed by atoms with Gasteiger partial charge in [0.15, 0.2) is 19.7 Å². The lowest BCUT2D eigenvalue weighted by atomic mass is 10.2. The molecule has 25 heavy (non-hydrogen) atoms. The fraction of sp³-hybridized carbons (Fsp3) is 0.533. The Bertz CT molecular complexity index is 868. The Balaban J connectivity index is 2.26. The van der Waals surface area contributed by atoms with Crippen LogP contribution in [-0.4, -0.2) is 58.6 Å². The largest absolute Gasteiger partial charge is 0.355 e. The molecule has 2 rings (SSSR count).